The van der Waals surface area contributed by atoms with Gasteiger partial charge in [0.1, 0.15) is 23.8 Å². The Morgan fingerprint density at radius 2 is 1.93 bits per heavy atom. The normalized spacial score (nSPS) is 21.4. The van der Waals surface area contributed by atoms with Crippen molar-refractivity contribution in [1.82, 2.24) is 15.1 Å². The zero-order valence-corrected chi connectivity index (χ0v) is 15.8. The van der Waals surface area contributed by atoms with Gasteiger partial charge >= 0.3 is 0 Å². The van der Waals surface area contributed by atoms with Crippen LogP contribution >= 0.6 is 0 Å². The van der Waals surface area contributed by atoms with Crippen molar-refractivity contribution in [3.63, 3.8) is 0 Å². The molecule has 1 aromatic carbocycles. The molecule has 2 heterocycles. The van der Waals surface area contributed by atoms with Crippen LogP contribution in [0.15, 0.2) is 36.5 Å². The number of nitrogens with one attached hydrogen (secondary N) is 1. The molecule has 6 nitrogen and oxygen atoms in total. The van der Waals surface area contributed by atoms with Gasteiger partial charge in [0.25, 0.3) is 5.91 Å². The van der Waals surface area contributed by atoms with Gasteiger partial charge in [-0.15, -0.1) is 0 Å². The predicted octanol–water partition coefficient (Wildman–Crippen LogP) is 3.66. The number of carbonyl (C=O) groups is 1. The topological polar surface area (TPSA) is 67.5 Å². The highest BCUT2D eigenvalue weighted by atomic mass is 16.5. The Labute approximate surface area is 159 Å². The van der Waals surface area contributed by atoms with E-state index in [1.807, 2.05) is 29.2 Å². The maximum absolute atomic E-state index is 13.0. The Bertz CT molecular complexity index is 751. The first-order valence-electron chi connectivity index (χ1n) is 9.76. The van der Waals surface area contributed by atoms with E-state index in [4.69, 9.17) is 9.47 Å². The van der Waals surface area contributed by atoms with E-state index in [9.17, 15) is 4.79 Å². The van der Waals surface area contributed by atoms with E-state index in [0.717, 1.165) is 24.5 Å². The molecule has 1 saturated carbocycles. The van der Waals surface area contributed by atoms with Crippen LogP contribution in [0, 0.1) is 5.41 Å². The summed E-state index contributed by atoms with van der Waals surface area (Å²) in [6.07, 6.45) is 8.89. The fraction of sp³-hybridized carbons (Fsp3) is 0.524. The number of hydrogen-bond acceptors (Lipinski definition) is 4. The molecular weight excluding hydrogens is 342 g/mol. The van der Waals surface area contributed by atoms with Crippen molar-refractivity contribution in [1.29, 1.82) is 0 Å². The molecule has 2 aromatic rings. The number of rotatable bonds is 5. The summed E-state index contributed by atoms with van der Waals surface area (Å²) in [5.41, 5.74) is 0.805. The molecule has 1 spiro atoms. The van der Waals surface area contributed by atoms with E-state index in [2.05, 4.69) is 10.2 Å². The molecule has 27 heavy (non-hydrogen) atoms. The number of carbonyl (C=O) groups excluding carboxylic acids is 1. The van der Waals surface area contributed by atoms with Gasteiger partial charge in [0.05, 0.1) is 13.2 Å². The Balaban J connectivity index is 1.48. The predicted molar refractivity (Wildman–Crippen MR) is 102 cm³/mol. The minimum absolute atomic E-state index is 0.0262. The molecule has 1 saturated heterocycles. The smallest absolute Gasteiger partial charge is 0.272 e. The van der Waals surface area contributed by atoms with Crippen molar-refractivity contribution in [2.24, 2.45) is 5.41 Å². The number of methoxy groups -OCH3 is 1. The maximum Gasteiger partial charge on any atom is 0.272 e. The van der Waals surface area contributed by atoms with Crippen LogP contribution in [0.2, 0.25) is 0 Å². The number of H-pyrrole nitrogens is 1. The number of amides is 1. The van der Waals surface area contributed by atoms with E-state index >= 15 is 0 Å². The minimum atomic E-state index is 0.0262. The van der Waals surface area contributed by atoms with Crippen LogP contribution in [-0.4, -0.2) is 47.3 Å². The maximum atomic E-state index is 13.0. The van der Waals surface area contributed by atoms with Gasteiger partial charge in [0, 0.05) is 12.7 Å². The first kappa shape index (κ1) is 17.9. The monoisotopic (exact) mass is 369 g/mol. The van der Waals surface area contributed by atoms with Crippen molar-refractivity contribution in [3.8, 4) is 11.5 Å². The molecule has 6 heteroatoms. The molecule has 4 rings (SSSR count). The van der Waals surface area contributed by atoms with Crippen LogP contribution in [-0.2, 0) is 0 Å². The Morgan fingerprint density at radius 1 is 1.19 bits per heavy atom. The highest BCUT2D eigenvalue weighted by Crippen LogP contribution is 2.46. The standard InChI is InChI=1S/C21H27N3O3/c1-26-17-5-7-18(8-6-17)27-14-16-13-21(10-3-2-4-11-21)15-24(16)20(25)19-9-12-22-23-19/h5-9,12,16H,2-4,10-11,13-15H2,1H3,(H,22,23). The van der Waals surface area contributed by atoms with Crippen molar-refractivity contribution in [2.75, 3.05) is 20.3 Å². The fourth-order valence-electron chi connectivity index (χ4n) is 4.61. The van der Waals surface area contributed by atoms with Gasteiger partial charge in [-0.3, -0.25) is 9.89 Å². The lowest BCUT2D eigenvalue weighted by Gasteiger charge is -2.33. The third kappa shape index (κ3) is 3.80. The zero-order chi connectivity index (χ0) is 18.7. The lowest BCUT2D eigenvalue weighted by molar-refractivity contribution is 0.0668. The first-order chi connectivity index (χ1) is 13.2. The van der Waals surface area contributed by atoms with Gasteiger partial charge in [-0.25, -0.2) is 0 Å². The number of benzene rings is 1. The van der Waals surface area contributed by atoms with E-state index in [-0.39, 0.29) is 17.4 Å². The Kier molecular flexibility index (Phi) is 5.05. The summed E-state index contributed by atoms with van der Waals surface area (Å²) in [7, 11) is 1.65. The number of hydrogen-bond donors (Lipinski definition) is 1. The molecule has 1 unspecified atom stereocenters. The summed E-state index contributed by atoms with van der Waals surface area (Å²) < 4.78 is 11.2. The quantitative estimate of drug-likeness (QED) is 0.873. The lowest BCUT2D eigenvalue weighted by atomic mass is 9.73. The van der Waals surface area contributed by atoms with Crippen molar-refractivity contribution >= 4 is 5.91 Å². The van der Waals surface area contributed by atoms with E-state index in [0.29, 0.717) is 12.3 Å². The van der Waals surface area contributed by atoms with Gasteiger partial charge in [0.2, 0.25) is 0 Å². The number of aromatic nitrogens is 2. The Morgan fingerprint density at radius 3 is 2.59 bits per heavy atom. The molecule has 2 aliphatic rings. The number of nitrogens with zero attached hydrogens (tertiary/aromatic N) is 2. The second-order valence-electron chi connectivity index (χ2n) is 7.81. The average Bonchev–Trinajstić information content (AvgIpc) is 3.36. The average molecular weight is 369 g/mol. The fourth-order valence-corrected chi connectivity index (χ4v) is 4.61. The molecule has 1 aliphatic heterocycles. The van der Waals surface area contributed by atoms with E-state index in [1.165, 1.54) is 32.1 Å². The molecular formula is C21H27N3O3. The summed E-state index contributed by atoms with van der Waals surface area (Å²) in [4.78, 5) is 15.0. The summed E-state index contributed by atoms with van der Waals surface area (Å²) in [5, 5.41) is 6.75. The molecule has 1 N–H and O–H groups in total. The molecule has 1 aromatic heterocycles. The van der Waals surface area contributed by atoms with Crippen LogP contribution < -0.4 is 9.47 Å². The Hall–Kier alpha value is -2.50. The number of aromatic amines is 1. The van der Waals surface area contributed by atoms with Gasteiger partial charge in [-0.05, 0) is 55.0 Å². The summed E-state index contributed by atoms with van der Waals surface area (Å²) in [6.45, 7) is 1.33. The summed E-state index contributed by atoms with van der Waals surface area (Å²) in [5.74, 6) is 1.63. The zero-order valence-electron chi connectivity index (χ0n) is 15.8. The van der Waals surface area contributed by atoms with Gasteiger partial charge in [0.15, 0.2) is 0 Å². The van der Waals surface area contributed by atoms with Crippen molar-refractivity contribution in [2.45, 2.75) is 44.6 Å². The van der Waals surface area contributed by atoms with Crippen molar-refractivity contribution in [3.05, 3.63) is 42.2 Å². The second kappa shape index (κ2) is 7.62. The highest BCUT2D eigenvalue weighted by Gasteiger charge is 2.46. The van der Waals surface area contributed by atoms with Crippen molar-refractivity contribution < 1.29 is 14.3 Å². The van der Waals surface area contributed by atoms with E-state index in [1.54, 1.807) is 19.4 Å². The molecule has 0 bridgehead atoms. The molecule has 1 aliphatic carbocycles. The van der Waals surface area contributed by atoms with Gasteiger partial charge in [-0.1, -0.05) is 19.3 Å². The molecule has 0 radical (unpaired) electrons. The molecule has 1 atom stereocenters. The van der Waals surface area contributed by atoms with E-state index < -0.39 is 0 Å². The third-order valence-corrected chi connectivity index (χ3v) is 6.02. The minimum Gasteiger partial charge on any atom is -0.497 e. The van der Waals surface area contributed by atoms with Gasteiger partial charge in [-0.2, -0.15) is 5.10 Å². The SMILES string of the molecule is COc1ccc(OCC2CC3(CCCCC3)CN2C(=O)c2ccn[nH]2)cc1. The van der Waals surface area contributed by atoms with Crippen LogP contribution in [0.4, 0.5) is 0 Å². The molecule has 144 valence electrons. The summed E-state index contributed by atoms with van der Waals surface area (Å²) >= 11 is 0. The largest absolute Gasteiger partial charge is 0.497 e. The molecule has 2 fully saturated rings. The van der Waals surface area contributed by atoms with Gasteiger partial charge < -0.3 is 14.4 Å². The molecule has 1 amide bonds. The lowest BCUT2D eigenvalue weighted by Crippen LogP contribution is -2.40. The number of ether oxygens (including phenoxy) is 2. The summed E-state index contributed by atoms with van der Waals surface area (Å²) in [6, 6.07) is 9.42. The van der Waals surface area contributed by atoms with Crippen LogP contribution in [0.1, 0.15) is 49.0 Å². The van der Waals surface area contributed by atoms with Crippen LogP contribution in [0.3, 0.4) is 0 Å². The van der Waals surface area contributed by atoms with Crippen LogP contribution in [0.25, 0.3) is 0 Å². The third-order valence-electron chi connectivity index (χ3n) is 6.02. The first-order valence-corrected chi connectivity index (χ1v) is 9.76. The second-order valence-corrected chi connectivity index (χ2v) is 7.81. The van der Waals surface area contributed by atoms with Crippen LogP contribution in [0.5, 0.6) is 11.5 Å². The number of likely N-dealkylation sites (tertiary alicyclic amines) is 1. The highest BCUT2D eigenvalue weighted by molar-refractivity contribution is 5.92.